The Kier molecular flexibility index (Phi) is 7.61. The Bertz CT molecular complexity index is 1600. The first-order valence-corrected chi connectivity index (χ1v) is 11.3. The van der Waals surface area contributed by atoms with Crippen LogP contribution in [-0.4, -0.2) is 60.9 Å². The van der Waals surface area contributed by atoms with Crippen molar-refractivity contribution in [1.29, 1.82) is 0 Å². The van der Waals surface area contributed by atoms with E-state index in [1.807, 2.05) is 0 Å². The number of aromatic nitrogens is 3. The van der Waals surface area contributed by atoms with E-state index < -0.39 is 35.4 Å². The maximum Gasteiger partial charge on any atom is 0.433 e. The highest BCUT2D eigenvalue weighted by molar-refractivity contribution is 6.05. The molecule has 0 saturated carbocycles. The molecule has 0 atom stereocenters. The molecule has 0 aliphatic carbocycles. The van der Waals surface area contributed by atoms with E-state index in [1.165, 1.54) is 50.6 Å². The molecule has 14 heteroatoms. The van der Waals surface area contributed by atoms with Crippen molar-refractivity contribution >= 4 is 29.2 Å². The van der Waals surface area contributed by atoms with E-state index in [9.17, 15) is 27.6 Å². The fourth-order valence-corrected chi connectivity index (χ4v) is 3.80. The van der Waals surface area contributed by atoms with Gasteiger partial charge in [0.15, 0.2) is 28.5 Å². The number of alkyl halides is 3. The van der Waals surface area contributed by atoms with Gasteiger partial charge in [0.05, 0.1) is 45.3 Å². The number of nitrogens with one attached hydrogen (secondary N) is 1. The zero-order valence-electron chi connectivity index (χ0n) is 21.5. The van der Waals surface area contributed by atoms with Gasteiger partial charge in [0, 0.05) is 17.3 Å². The lowest BCUT2D eigenvalue weighted by Gasteiger charge is -2.12. The molecular formula is C26H21F3N4O7. The highest BCUT2D eigenvalue weighted by Crippen LogP contribution is 2.35. The number of rotatable bonds is 7. The summed E-state index contributed by atoms with van der Waals surface area (Å²) in [5.74, 6) is -1.86. The van der Waals surface area contributed by atoms with Gasteiger partial charge in [-0.15, -0.1) is 0 Å². The molecule has 2 aromatic carbocycles. The molecule has 1 amide bonds. The largest absolute Gasteiger partial charge is 0.493 e. The number of carbonyl (C=O) groups is 3. The number of anilines is 1. The molecule has 0 fully saturated rings. The van der Waals surface area contributed by atoms with Crippen LogP contribution in [0.2, 0.25) is 0 Å². The van der Waals surface area contributed by atoms with Crippen LogP contribution in [-0.2, 0) is 15.7 Å². The minimum atomic E-state index is -4.85. The summed E-state index contributed by atoms with van der Waals surface area (Å²) < 4.78 is 62.3. The number of fused-ring (bicyclic) bond motifs is 1. The number of hydrogen-bond acceptors (Lipinski definition) is 9. The van der Waals surface area contributed by atoms with E-state index in [2.05, 4.69) is 24.9 Å². The van der Waals surface area contributed by atoms with Crippen LogP contribution in [0.3, 0.4) is 0 Å². The fourth-order valence-electron chi connectivity index (χ4n) is 3.80. The molecule has 0 bridgehead atoms. The summed E-state index contributed by atoms with van der Waals surface area (Å²) in [5, 5.41) is 6.23. The Morgan fingerprint density at radius 2 is 1.45 bits per heavy atom. The molecule has 208 valence electrons. The van der Waals surface area contributed by atoms with Crippen molar-refractivity contribution in [1.82, 2.24) is 14.6 Å². The molecule has 2 aromatic heterocycles. The van der Waals surface area contributed by atoms with Gasteiger partial charge in [-0.3, -0.25) is 4.79 Å². The minimum absolute atomic E-state index is 0.0274. The summed E-state index contributed by atoms with van der Waals surface area (Å²) >= 11 is 0. The Balaban J connectivity index is 1.77. The Morgan fingerprint density at radius 1 is 0.825 bits per heavy atom. The van der Waals surface area contributed by atoms with Gasteiger partial charge in [-0.05, 0) is 42.5 Å². The lowest BCUT2D eigenvalue weighted by molar-refractivity contribution is -0.142. The molecular weight excluding hydrogens is 537 g/mol. The summed E-state index contributed by atoms with van der Waals surface area (Å²) in [4.78, 5) is 41.3. The Morgan fingerprint density at radius 3 is 2.00 bits per heavy atom. The van der Waals surface area contributed by atoms with Gasteiger partial charge in [0.25, 0.3) is 5.91 Å². The first-order chi connectivity index (χ1) is 19.0. The standard InChI is InChI=1S/C26H21F3N4O7/c1-37-19-6-5-13(10-20(19)38-2)17-11-21(26(27,28)29)33-22(31-17)12-18(32-33)23(34)30-16-8-14(24(35)39-3)7-15(9-16)25(36)40-4/h5-12H,1-4H3,(H,30,34). The van der Waals surface area contributed by atoms with E-state index in [0.717, 1.165) is 26.4 Å². The summed E-state index contributed by atoms with van der Waals surface area (Å²) in [6, 6.07) is 10.0. The maximum atomic E-state index is 14.0. The van der Waals surface area contributed by atoms with Crippen LogP contribution in [0, 0.1) is 0 Å². The number of hydrogen-bond donors (Lipinski definition) is 1. The van der Waals surface area contributed by atoms with Gasteiger partial charge in [0.2, 0.25) is 0 Å². The van der Waals surface area contributed by atoms with Gasteiger partial charge >= 0.3 is 18.1 Å². The number of ether oxygens (including phenoxy) is 4. The number of carbonyl (C=O) groups excluding carboxylic acids is 3. The highest BCUT2D eigenvalue weighted by atomic mass is 19.4. The maximum absolute atomic E-state index is 14.0. The fraction of sp³-hybridized carbons (Fsp3) is 0.192. The van der Waals surface area contributed by atoms with Crippen LogP contribution in [0.4, 0.5) is 18.9 Å². The quantitative estimate of drug-likeness (QED) is 0.331. The third-order valence-corrected chi connectivity index (χ3v) is 5.66. The van der Waals surface area contributed by atoms with Gasteiger partial charge in [-0.25, -0.2) is 19.1 Å². The average Bonchev–Trinajstić information content (AvgIpc) is 3.39. The second kappa shape index (κ2) is 10.9. The first-order valence-electron chi connectivity index (χ1n) is 11.3. The number of amides is 1. The normalized spacial score (nSPS) is 11.2. The van der Waals surface area contributed by atoms with Crippen LogP contribution in [0.25, 0.3) is 16.9 Å². The van der Waals surface area contributed by atoms with Crippen molar-refractivity contribution in [3.8, 4) is 22.8 Å². The van der Waals surface area contributed by atoms with Gasteiger partial charge < -0.3 is 24.3 Å². The molecule has 40 heavy (non-hydrogen) atoms. The summed E-state index contributed by atoms with van der Waals surface area (Å²) in [5.41, 5.74) is -1.78. The molecule has 0 aliphatic heterocycles. The number of benzene rings is 2. The zero-order chi connectivity index (χ0) is 29.2. The van der Waals surface area contributed by atoms with Crippen molar-refractivity contribution in [2.24, 2.45) is 0 Å². The number of esters is 2. The molecule has 0 saturated heterocycles. The third kappa shape index (κ3) is 5.50. The first kappa shape index (κ1) is 27.9. The predicted octanol–water partition coefficient (Wildman–Crippen LogP) is 4.26. The summed E-state index contributed by atoms with van der Waals surface area (Å²) in [7, 11) is 5.06. The minimum Gasteiger partial charge on any atom is -0.493 e. The number of methoxy groups -OCH3 is 4. The summed E-state index contributed by atoms with van der Waals surface area (Å²) in [6.07, 6.45) is -4.85. The number of nitrogens with zero attached hydrogens (tertiary/aromatic N) is 3. The van der Waals surface area contributed by atoms with Crippen molar-refractivity contribution < 1.29 is 46.5 Å². The smallest absolute Gasteiger partial charge is 0.433 e. The zero-order valence-corrected chi connectivity index (χ0v) is 21.5. The van der Waals surface area contributed by atoms with Gasteiger partial charge in [-0.2, -0.15) is 18.3 Å². The van der Waals surface area contributed by atoms with E-state index in [4.69, 9.17) is 9.47 Å². The molecule has 0 unspecified atom stereocenters. The summed E-state index contributed by atoms with van der Waals surface area (Å²) in [6.45, 7) is 0. The third-order valence-electron chi connectivity index (χ3n) is 5.66. The van der Waals surface area contributed by atoms with E-state index in [0.29, 0.717) is 15.8 Å². The molecule has 4 rings (SSSR count). The van der Waals surface area contributed by atoms with Crippen molar-refractivity contribution in [3.63, 3.8) is 0 Å². The van der Waals surface area contributed by atoms with E-state index in [1.54, 1.807) is 0 Å². The Labute approximate surface area is 224 Å². The van der Waals surface area contributed by atoms with Gasteiger partial charge in [0.1, 0.15) is 0 Å². The van der Waals surface area contributed by atoms with Crippen LogP contribution in [0.1, 0.15) is 36.9 Å². The van der Waals surface area contributed by atoms with Crippen molar-refractivity contribution in [2.45, 2.75) is 6.18 Å². The van der Waals surface area contributed by atoms with Crippen LogP contribution < -0.4 is 14.8 Å². The molecule has 4 aromatic rings. The van der Waals surface area contributed by atoms with E-state index in [-0.39, 0.29) is 33.9 Å². The van der Waals surface area contributed by atoms with Crippen molar-refractivity contribution in [3.05, 3.63) is 71.0 Å². The molecule has 2 heterocycles. The SMILES string of the molecule is COC(=O)c1cc(NC(=O)c2cc3nc(-c4ccc(OC)c(OC)c4)cc(C(F)(F)F)n3n2)cc(C(=O)OC)c1. The second-order valence-electron chi connectivity index (χ2n) is 8.13. The monoisotopic (exact) mass is 558 g/mol. The molecule has 0 radical (unpaired) electrons. The van der Waals surface area contributed by atoms with Crippen LogP contribution in [0.15, 0.2) is 48.5 Å². The second-order valence-corrected chi connectivity index (χ2v) is 8.13. The van der Waals surface area contributed by atoms with Crippen LogP contribution >= 0.6 is 0 Å². The Hall–Kier alpha value is -5.14. The molecule has 0 spiro atoms. The average molecular weight is 558 g/mol. The van der Waals surface area contributed by atoms with Crippen LogP contribution in [0.5, 0.6) is 11.5 Å². The lowest BCUT2D eigenvalue weighted by Crippen LogP contribution is -2.16. The van der Waals surface area contributed by atoms with E-state index >= 15 is 0 Å². The lowest BCUT2D eigenvalue weighted by atomic mass is 10.1. The molecule has 11 nitrogen and oxygen atoms in total. The predicted molar refractivity (Wildman–Crippen MR) is 134 cm³/mol. The number of halogens is 3. The molecule has 0 aliphatic rings. The topological polar surface area (TPSA) is 130 Å². The van der Waals surface area contributed by atoms with Gasteiger partial charge in [-0.1, -0.05) is 0 Å². The van der Waals surface area contributed by atoms with Crippen molar-refractivity contribution in [2.75, 3.05) is 33.8 Å². The molecule has 1 N–H and O–H groups in total. The highest BCUT2D eigenvalue weighted by Gasteiger charge is 2.36.